The summed E-state index contributed by atoms with van der Waals surface area (Å²) in [5.74, 6) is -1.29. The van der Waals surface area contributed by atoms with Crippen LogP contribution >= 0.6 is 0 Å². The van der Waals surface area contributed by atoms with Gasteiger partial charge in [-0.1, -0.05) is 0 Å². The van der Waals surface area contributed by atoms with Crippen LogP contribution in [0.3, 0.4) is 0 Å². The Morgan fingerprint density at radius 1 is 0.913 bits per heavy atom. The zero-order valence-electron chi connectivity index (χ0n) is 12.6. The minimum Gasteiger partial charge on any atom is -0.371 e. The van der Waals surface area contributed by atoms with E-state index in [9.17, 15) is 14.4 Å². The second-order valence-electron chi connectivity index (χ2n) is 6.18. The molecule has 3 heterocycles. The number of imide groups is 2. The zero-order chi connectivity index (χ0) is 16.0. The third-order valence-corrected chi connectivity index (χ3v) is 4.61. The fourth-order valence-electron chi connectivity index (χ4n) is 3.69. The quantitative estimate of drug-likeness (QED) is 0.602. The van der Waals surface area contributed by atoms with Gasteiger partial charge in [0.25, 0.3) is 11.8 Å². The molecule has 6 heteroatoms. The second-order valence-corrected chi connectivity index (χ2v) is 6.18. The summed E-state index contributed by atoms with van der Waals surface area (Å²) in [5, 5.41) is 4.21. The standard InChI is InChI=1S/C17H17N3O3/c21-15-13(16(22)19-17(23)18-15)9-10-7-11-3-1-5-20-6-2-4-12(8-10)14(11)20/h7-9H,1-6H2,(H2,18,19,21,22,23). The molecule has 0 atom stereocenters. The van der Waals surface area contributed by atoms with Crippen molar-refractivity contribution in [3.63, 3.8) is 0 Å². The first-order chi connectivity index (χ1) is 11.1. The number of amides is 4. The van der Waals surface area contributed by atoms with Crippen LogP contribution in [0, 0.1) is 0 Å². The predicted molar refractivity (Wildman–Crippen MR) is 85.0 cm³/mol. The molecule has 0 bridgehead atoms. The molecule has 6 nitrogen and oxygen atoms in total. The largest absolute Gasteiger partial charge is 0.371 e. The number of rotatable bonds is 1. The third kappa shape index (κ3) is 2.40. The fourth-order valence-corrected chi connectivity index (χ4v) is 3.69. The third-order valence-electron chi connectivity index (χ3n) is 4.61. The van der Waals surface area contributed by atoms with Crippen molar-refractivity contribution in [2.24, 2.45) is 0 Å². The van der Waals surface area contributed by atoms with Gasteiger partial charge in [0, 0.05) is 18.8 Å². The summed E-state index contributed by atoms with van der Waals surface area (Å²) < 4.78 is 0. The molecule has 1 fully saturated rings. The molecule has 2 N–H and O–H groups in total. The molecule has 0 aliphatic carbocycles. The molecular weight excluding hydrogens is 294 g/mol. The summed E-state index contributed by atoms with van der Waals surface area (Å²) in [6.45, 7) is 2.21. The lowest BCUT2D eigenvalue weighted by atomic mass is 9.89. The van der Waals surface area contributed by atoms with Crippen molar-refractivity contribution < 1.29 is 14.4 Å². The van der Waals surface area contributed by atoms with Crippen LogP contribution in [0.15, 0.2) is 17.7 Å². The minimum absolute atomic E-state index is 0.0276. The van der Waals surface area contributed by atoms with E-state index in [1.54, 1.807) is 6.08 Å². The molecule has 0 aromatic heterocycles. The molecule has 1 aromatic rings. The molecule has 0 spiro atoms. The van der Waals surface area contributed by atoms with Gasteiger partial charge >= 0.3 is 6.03 Å². The number of carbonyl (C=O) groups is 3. The van der Waals surface area contributed by atoms with Gasteiger partial charge in [-0.15, -0.1) is 0 Å². The highest BCUT2D eigenvalue weighted by Crippen LogP contribution is 2.36. The van der Waals surface area contributed by atoms with Crippen molar-refractivity contribution in [2.45, 2.75) is 25.7 Å². The van der Waals surface area contributed by atoms with Gasteiger partial charge in [-0.3, -0.25) is 20.2 Å². The van der Waals surface area contributed by atoms with E-state index in [2.05, 4.69) is 27.7 Å². The van der Waals surface area contributed by atoms with Crippen molar-refractivity contribution in [1.29, 1.82) is 0 Å². The lowest BCUT2D eigenvalue weighted by Gasteiger charge is -2.37. The molecule has 0 radical (unpaired) electrons. The van der Waals surface area contributed by atoms with Gasteiger partial charge in [0.15, 0.2) is 0 Å². The molecule has 3 aliphatic rings. The Morgan fingerprint density at radius 2 is 1.48 bits per heavy atom. The van der Waals surface area contributed by atoms with Crippen molar-refractivity contribution in [3.8, 4) is 0 Å². The number of benzene rings is 1. The number of urea groups is 1. The van der Waals surface area contributed by atoms with Crippen LogP contribution in [0.25, 0.3) is 6.08 Å². The van der Waals surface area contributed by atoms with Gasteiger partial charge in [0.1, 0.15) is 5.57 Å². The van der Waals surface area contributed by atoms with Gasteiger partial charge in [-0.05, 0) is 60.6 Å². The number of nitrogens with zero attached hydrogens (tertiary/aromatic N) is 1. The summed E-state index contributed by atoms with van der Waals surface area (Å²) >= 11 is 0. The average Bonchev–Trinajstić information content (AvgIpc) is 2.51. The molecule has 1 saturated heterocycles. The molecule has 3 aliphatic heterocycles. The van der Waals surface area contributed by atoms with Crippen LogP contribution < -0.4 is 15.5 Å². The van der Waals surface area contributed by atoms with Gasteiger partial charge in [0.05, 0.1) is 0 Å². The smallest absolute Gasteiger partial charge is 0.328 e. The van der Waals surface area contributed by atoms with Crippen LogP contribution in [0.1, 0.15) is 29.5 Å². The monoisotopic (exact) mass is 311 g/mol. The second kappa shape index (κ2) is 5.22. The zero-order valence-corrected chi connectivity index (χ0v) is 12.6. The molecule has 4 amide bonds. The Kier molecular flexibility index (Phi) is 3.18. The summed E-state index contributed by atoms with van der Waals surface area (Å²) in [5.41, 5.74) is 4.73. The topological polar surface area (TPSA) is 78.5 Å². The highest BCUT2D eigenvalue weighted by molar-refractivity contribution is 6.31. The normalized spacial score (nSPS) is 19.9. The summed E-state index contributed by atoms with van der Waals surface area (Å²) in [7, 11) is 0. The molecule has 4 rings (SSSR count). The first kappa shape index (κ1) is 14.0. The summed E-state index contributed by atoms with van der Waals surface area (Å²) in [6, 6.07) is 3.34. The Morgan fingerprint density at radius 3 is 2.04 bits per heavy atom. The van der Waals surface area contributed by atoms with Crippen LogP contribution in [0.5, 0.6) is 0 Å². The van der Waals surface area contributed by atoms with Crippen molar-refractivity contribution in [3.05, 3.63) is 34.4 Å². The predicted octanol–water partition coefficient (Wildman–Crippen LogP) is 1.13. The number of carbonyl (C=O) groups excluding carboxylic acids is 3. The Balaban J connectivity index is 1.76. The van der Waals surface area contributed by atoms with E-state index in [1.165, 1.54) is 16.8 Å². The van der Waals surface area contributed by atoms with Crippen LogP contribution in [-0.2, 0) is 22.4 Å². The molecule has 0 saturated carbocycles. The van der Waals surface area contributed by atoms with E-state index in [0.29, 0.717) is 0 Å². The van der Waals surface area contributed by atoms with E-state index < -0.39 is 17.8 Å². The molecule has 1 aromatic carbocycles. The maximum Gasteiger partial charge on any atom is 0.328 e. The van der Waals surface area contributed by atoms with E-state index >= 15 is 0 Å². The highest BCUT2D eigenvalue weighted by atomic mass is 16.2. The van der Waals surface area contributed by atoms with Gasteiger partial charge in [-0.2, -0.15) is 0 Å². The number of nitrogens with one attached hydrogen (secondary N) is 2. The van der Waals surface area contributed by atoms with Crippen LogP contribution in [0.4, 0.5) is 10.5 Å². The molecular formula is C17H17N3O3. The highest BCUT2D eigenvalue weighted by Gasteiger charge is 2.28. The van der Waals surface area contributed by atoms with Crippen LogP contribution in [0.2, 0.25) is 0 Å². The van der Waals surface area contributed by atoms with Crippen LogP contribution in [-0.4, -0.2) is 30.9 Å². The van der Waals surface area contributed by atoms with Gasteiger partial charge < -0.3 is 4.90 Å². The van der Waals surface area contributed by atoms with Crippen molar-refractivity contribution in [2.75, 3.05) is 18.0 Å². The maximum atomic E-state index is 11.9. The van der Waals surface area contributed by atoms with Crippen molar-refractivity contribution in [1.82, 2.24) is 10.6 Å². The Bertz CT molecular complexity index is 713. The molecule has 0 unspecified atom stereocenters. The minimum atomic E-state index is -0.770. The first-order valence-corrected chi connectivity index (χ1v) is 7.91. The van der Waals surface area contributed by atoms with E-state index in [0.717, 1.165) is 44.3 Å². The average molecular weight is 311 g/mol. The number of anilines is 1. The Hall–Kier alpha value is -2.63. The SMILES string of the molecule is O=C1NC(=O)C(=Cc2cc3c4c(c2)CCCN4CCC3)C(=O)N1. The first-order valence-electron chi connectivity index (χ1n) is 7.91. The summed E-state index contributed by atoms with van der Waals surface area (Å²) in [6.07, 6.45) is 5.87. The molecule has 23 heavy (non-hydrogen) atoms. The Labute approximate surface area is 133 Å². The number of aryl methyl sites for hydroxylation is 2. The number of hydrogen-bond acceptors (Lipinski definition) is 4. The van der Waals surface area contributed by atoms with Crippen molar-refractivity contribution >= 4 is 29.6 Å². The maximum absolute atomic E-state index is 11.9. The molecule has 118 valence electrons. The number of hydrogen-bond donors (Lipinski definition) is 2. The number of barbiturate groups is 1. The van der Waals surface area contributed by atoms with E-state index in [-0.39, 0.29) is 5.57 Å². The van der Waals surface area contributed by atoms with E-state index in [1.807, 2.05) is 0 Å². The fraction of sp³-hybridized carbons (Fsp3) is 0.353. The lowest BCUT2D eigenvalue weighted by molar-refractivity contribution is -0.123. The van der Waals surface area contributed by atoms with Gasteiger partial charge in [-0.25, -0.2) is 4.79 Å². The van der Waals surface area contributed by atoms with Gasteiger partial charge in [0.2, 0.25) is 0 Å². The summed E-state index contributed by atoms with van der Waals surface area (Å²) in [4.78, 5) is 37.3. The van der Waals surface area contributed by atoms with E-state index in [4.69, 9.17) is 0 Å². The lowest BCUT2D eigenvalue weighted by Crippen LogP contribution is -2.51.